The topological polar surface area (TPSA) is 9.86 Å². The van der Waals surface area contributed by atoms with Gasteiger partial charge in [-0.3, -0.25) is 0 Å². The lowest BCUT2D eigenvalue weighted by molar-refractivity contribution is 1.17. The molecular formula is C46H30N2. The predicted molar refractivity (Wildman–Crippen MR) is 203 cm³/mol. The summed E-state index contributed by atoms with van der Waals surface area (Å²) in [5.74, 6) is 0. The minimum atomic E-state index is 1.16. The van der Waals surface area contributed by atoms with Gasteiger partial charge in [0, 0.05) is 32.9 Å². The molecule has 2 aromatic heterocycles. The lowest BCUT2D eigenvalue weighted by atomic mass is 10.0. The van der Waals surface area contributed by atoms with E-state index in [2.05, 4.69) is 191 Å². The van der Waals surface area contributed by atoms with Crippen molar-refractivity contribution in [1.29, 1.82) is 0 Å². The van der Waals surface area contributed by atoms with Gasteiger partial charge in [0.1, 0.15) is 0 Å². The Morgan fingerprint density at radius 3 is 1.35 bits per heavy atom. The summed E-state index contributed by atoms with van der Waals surface area (Å²) >= 11 is 0. The van der Waals surface area contributed by atoms with E-state index < -0.39 is 0 Å². The standard InChI is InChI=1S/C46H30N2/c1-3-11-31(12-4-1)33-21-24-37(25-22-33)47-43-17-9-7-15-39(43)41-29-42-40-16-8-10-18-44(40)48(46(42)30-45(41)47)38-26-23-35-27-34(19-20-36(35)28-38)32-13-5-2-6-14-32/h1-30H. The number of nitrogens with zero attached hydrogens (tertiary/aromatic N) is 2. The molecule has 0 saturated heterocycles. The van der Waals surface area contributed by atoms with E-state index in [1.807, 2.05) is 0 Å². The first-order chi connectivity index (χ1) is 23.8. The van der Waals surface area contributed by atoms with Gasteiger partial charge in [-0.1, -0.05) is 127 Å². The lowest BCUT2D eigenvalue weighted by Gasteiger charge is -2.12. The van der Waals surface area contributed by atoms with Crippen LogP contribution < -0.4 is 0 Å². The molecule has 0 atom stereocenters. The highest BCUT2D eigenvalue weighted by Gasteiger charge is 2.18. The average molecular weight is 611 g/mol. The molecule has 2 nitrogen and oxygen atoms in total. The number of fused-ring (bicyclic) bond motifs is 7. The minimum Gasteiger partial charge on any atom is -0.309 e. The summed E-state index contributed by atoms with van der Waals surface area (Å²) in [6.45, 7) is 0. The molecule has 0 saturated carbocycles. The van der Waals surface area contributed by atoms with E-state index in [-0.39, 0.29) is 0 Å². The van der Waals surface area contributed by atoms with E-state index in [9.17, 15) is 0 Å². The third kappa shape index (κ3) is 4.13. The van der Waals surface area contributed by atoms with Crippen molar-refractivity contribution in [2.75, 3.05) is 0 Å². The van der Waals surface area contributed by atoms with Crippen LogP contribution in [-0.4, -0.2) is 9.13 Å². The Morgan fingerprint density at radius 1 is 0.250 bits per heavy atom. The highest BCUT2D eigenvalue weighted by atomic mass is 15.0. The van der Waals surface area contributed by atoms with Crippen molar-refractivity contribution in [2.24, 2.45) is 0 Å². The molecule has 0 fully saturated rings. The Bertz CT molecular complexity index is 2800. The molecule has 2 heteroatoms. The van der Waals surface area contributed by atoms with Gasteiger partial charge in [0.05, 0.1) is 22.1 Å². The Morgan fingerprint density at radius 2 is 0.708 bits per heavy atom. The second-order valence-electron chi connectivity index (χ2n) is 12.6. The van der Waals surface area contributed by atoms with Crippen LogP contribution in [0.5, 0.6) is 0 Å². The van der Waals surface area contributed by atoms with Gasteiger partial charge in [0.25, 0.3) is 0 Å². The number of rotatable bonds is 4. The lowest BCUT2D eigenvalue weighted by Crippen LogP contribution is -1.96. The molecule has 48 heavy (non-hydrogen) atoms. The van der Waals surface area contributed by atoms with E-state index in [0.29, 0.717) is 0 Å². The third-order valence-electron chi connectivity index (χ3n) is 9.89. The van der Waals surface area contributed by atoms with Crippen LogP contribution in [0.15, 0.2) is 182 Å². The summed E-state index contributed by atoms with van der Waals surface area (Å²) in [5, 5.41) is 7.52. The van der Waals surface area contributed by atoms with E-state index in [1.54, 1.807) is 0 Å². The van der Waals surface area contributed by atoms with Gasteiger partial charge in [-0.05, 0) is 87.6 Å². The summed E-state index contributed by atoms with van der Waals surface area (Å²) in [6.07, 6.45) is 0. The smallest absolute Gasteiger partial charge is 0.0562 e. The molecule has 0 unspecified atom stereocenters. The maximum atomic E-state index is 2.44. The van der Waals surface area contributed by atoms with Crippen LogP contribution in [0.3, 0.4) is 0 Å². The monoisotopic (exact) mass is 610 g/mol. The Kier molecular flexibility index (Phi) is 5.91. The predicted octanol–water partition coefficient (Wildman–Crippen LogP) is 12.4. The zero-order valence-corrected chi connectivity index (χ0v) is 26.2. The van der Waals surface area contributed by atoms with Crippen LogP contribution in [0.4, 0.5) is 0 Å². The fourth-order valence-corrected chi connectivity index (χ4v) is 7.60. The van der Waals surface area contributed by atoms with Crippen molar-refractivity contribution in [3.63, 3.8) is 0 Å². The SMILES string of the molecule is c1ccc(-c2ccc(-n3c4ccccc4c4cc5c6ccccc6n(-c6ccc7cc(-c8ccccc8)ccc7c6)c5cc43)cc2)cc1. The Hall–Kier alpha value is -6.38. The van der Waals surface area contributed by atoms with Crippen molar-refractivity contribution in [1.82, 2.24) is 9.13 Å². The first-order valence-electron chi connectivity index (χ1n) is 16.5. The molecule has 0 aliphatic heterocycles. The van der Waals surface area contributed by atoms with Gasteiger partial charge in [-0.15, -0.1) is 0 Å². The van der Waals surface area contributed by atoms with Gasteiger partial charge < -0.3 is 9.13 Å². The van der Waals surface area contributed by atoms with Gasteiger partial charge in [-0.2, -0.15) is 0 Å². The van der Waals surface area contributed by atoms with E-state index in [0.717, 1.165) is 11.4 Å². The molecular weight excluding hydrogens is 581 g/mol. The normalized spacial score (nSPS) is 11.8. The maximum Gasteiger partial charge on any atom is 0.0562 e. The molecule has 0 bridgehead atoms. The zero-order valence-electron chi connectivity index (χ0n) is 26.2. The highest BCUT2D eigenvalue weighted by molar-refractivity contribution is 6.19. The van der Waals surface area contributed by atoms with Crippen LogP contribution in [0, 0.1) is 0 Å². The first-order valence-corrected chi connectivity index (χ1v) is 16.5. The van der Waals surface area contributed by atoms with Crippen LogP contribution in [0.25, 0.3) is 88.0 Å². The van der Waals surface area contributed by atoms with E-state index in [1.165, 1.54) is 76.6 Å². The van der Waals surface area contributed by atoms with Crippen LogP contribution in [-0.2, 0) is 0 Å². The average Bonchev–Trinajstić information content (AvgIpc) is 3.66. The molecule has 224 valence electrons. The molecule has 10 aromatic rings. The van der Waals surface area contributed by atoms with Crippen molar-refractivity contribution < 1.29 is 0 Å². The van der Waals surface area contributed by atoms with E-state index >= 15 is 0 Å². The van der Waals surface area contributed by atoms with E-state index in [4.69, 9.17) is 0 Å². The number of benzene rings is 8. The van der Waals surface area contributed by atoms with Crippen molar-refractivity contribution >= 4 is 54.4 Å². The Balaban J connectivity index is 1.20. The maximum absolute atomic E-state index is 2.44. The molecule has 0 N–H and O–H groups in total. The van der Waals surface area contributed by atoms with Gasteiger partial charge >= 0.3 is 0 Å². The van der Waals surface area contributed by atoms with Gasteiger partial charge in [0.15, 0.2) is 0 Å². The largest absolute Gasteiger partial charge is 0.309 e. The molecule has 8 aromatic carbocycles. The molecule has 0 aliphatic rings. The third-order valence-corrected chi connectivity index (χ3v) is 9.89. The van der Waals surface area contributed by atoms with Crippen molar-refractivity contribution in [2.45, 2.75) is 0 Å². The zero-order chi connectivity index (χ0) is 31.6. The summed E-state index contributed by atoms with van der Waals surface area (Å²) in [7, 11) is 0. The van der Waals surface area contributed by atoms with Gasteiger partial charge in [-0.25, -0.2) is 0 Å². The molecule has 0 radical (unpaired) electrons. The molecule has 0 spiro atoms. The molecule has 10 rings (SSSR count). The second-order valence-corrected chi connectivity index (χ2v) is 12.6. The molecule has 2 heterocycles. The van der Waals surface area contributed by atoms with Crippen LogP contribution in [0.2, 0.25) is 0 Å². The second kappa shape index (κ2) is 10.6. The van der Waals surface area contributed by atoms with Gasteiger partial charge in [0.2, 0.25) is 0 Å². The van der Waals surface area contributed by atoms with Crippen LogP contribution >= 0.6 is 0 Å². The highest BCUT2D eigenvalue weighted by Crippen LogP contribution is 2.40. The number of aromatic nitrogens is 2. The molecule has 0 amide bonds. The number of hydrogen-bond donors (Lipinski definition) is 0. The quantitative estimate of drug-likeness (QED) is 0.188. The fourth-order valence-electron chi connectivity index (χ4n) is 7.60. The summed E-state index contributed by atoms with van der Waals surface area (Å²) < 4.78 is 4.86. The fraction of sp³-hybridized carbons (Fsp3) is 0. The number of para-hydroxylation sites is 2. The minimum absolute atomic E-state index is 1.16. The van der Waals surface area contributed by atoms with Crippen LogP contribution in [0.1, 0.15) is 0 Å². The van der Waals surface area contributed by atoms with Crippen molar-refractivity contribution in [3.05, 3.63) is 182 Å². The Labute approximate surface area is 278 Å². The summed E-state index contributed by atoms with van der Waals surface area (Å²) in [6, 6.07) is 66.2. The summed E-state index contributed by atoms with van der Waals surface area (Å²) in [4.78, 5) is 0. The summed E-state index contributed by atoms with van der Waals surface area (Å²) in [5.41, 5.74) is 12.1. The first kappa shape index (κ1) is 26.8. The van der Waals surface area contributed by atoms with Crippen molar-refractivity contribution in [3.8, 4) is 33.6 Å². The number of hydrogen-bond acceptors (Lipinski definition) is 0. The molecule has 0 aliphatic carbocycles.